The smallest absolute Gasteiger partial charge is 0.168 e. The van der Waals surface area contributed by atoms with Gasteiger partial charge in [0.2, 0.25) is 0 Å². The van der Waals surface area contributed by atoms with Gasteiger partial charge in [0.25, 0.3) is 0 Å². The van der Waals surface area contributed by atoms with Crippen LogP contribution in [0.5, 0.6) is 0 Å². The van der Waals surface area contributed by atoms with E-state index in [1.807, 2.05) is 14.1 Å². The normalized spacial score (nSPS) is 18.6. The van der Waals surface area contributed by atoms with Gasteiger partial charge in [0.05, 0.1) is 31.3 Å². The molecule has 2 aliphatic heterocycles. The first kappa shape index (κ1) is 92.0. The average Bonchev–Trinajstić information content (AvgIpc) is 2.41. The quantitative estimate of drug-likeness (QED) is 0.0357. The Hall–Kier alpha value is -2.07. The van der Waals surface area contributed by atoms with Crippen molar-refractivity contribution in [1.29, 1.82) is 0 Å². The summed E-state index contributed by atoms with van der Waals surface area (Å²) in [6.07, 6.45) is 101. The Bertz CT molecular complexity index is 1690. The SMILES string of the molecule is CCCCC/C=C\C/C=C\CCCCCCCCC1(CCCCCCC/C=C\C/C=C\CCCCC)OCC(CCl)O1.CCCCC/C=C\C/C=C\CCCCCCCCC1(CCCCCCC/C=C\C/C=C\CCCCC)OCC(CN(C)C)O1.CCO.CNC. The van der Waals surface area contributed by atoms with E-state index in [1.165, 1.54) is 270 Å². The van der Waals surface area contributed by atoms with Crippen LogP contribution >= 0.6 is 11.6 Å². The summed E-state index contributed by atoms with van der Waals surface area (Å²) in [5, 5.41) is 10.3. The summed E-state index contributed by atoms with van der Waals surface area (Å²) in [6.45, 7) is 13.4. The minimum absolute atomic E-state index is 0.0641. The molecule has 4 atom stereocenters. The number of hydrogen-bond acceptors (Lipinski definition) is 7. The Labute approximate surface area is 579 Å². The van der Waals surface area contributed by atoms with Crippen LogP contribution < -0.4 is 5.32 Å². The second kappa shape index (κ2) is 76.3. The summed E-state index contributed by atoms with van der Waals surface area (Å²) < 4.78 is 25.6. The lowest BCUT2D eigenvalue weighted by molar-refractivity contribution is -0.180. The summed E-state index contributed by atoms with van der Waals surface area (Å²) >= 11 is 6.11. The number of aliphatic hydroxyl groups is 1. The Morgan fingerprint density at radius 1 is 0.348 bits per heavy atom. The Morgan fingerprint density at radius 2 is 0.554 bits per heavy atom. The van der Waals surface area contributed by atoms with Crippen molar-refractivity contribution in [1.82, 2.24) is 10.2 Å². The summed E-state index contributed by atoms with van der Waals surface area (Å²) in [5.41, 5.74) is 0. The first-order chi connectivity index (χ1) is 45.2. The van der Waals surface area contributed by atoms with E-state index in [1.54, 1.807) is 6.92 Å². The molecule has 0 amide bonds. The van der Waals surface area contributed by atoms with Crippen LogP contribution in [0.3, 0.4) is 0 Å². The largest absolute Gasteiger partial charge is 0.397 e. The van der Waals surface area contributed by atoms with Gasteiger partial charge in [-0.3, -0.25) is 0 Å². The highest BCUT2D eigenvalue weighted by Crippen LogP contribution is 2.36. The van der Waals surface area contributed by atoms with Gasteiger partial charge in [0, 0.05) is 38.8 Å². The molecular weight excluding hydrogens is 1150 g/mol. The Morgan fingerprint density at radius 3 is 0.772 bits per heavy atom. The fourth-order valence-electron chi connectivity index (χ4n) is 11.8. The molecule has 92 heavy (non-hydrogen) atoms. The molecule has 0 radical (unpaired) electrons. The summed E-state index contributed by atoms with van der Waals surface area (Å²) in [5.74, 6) is -0.169. The van der Waals surface area contributed by atoms with Crippen LogP contribution in [0.25, 0.3) is 0 Å². The van der Waals surface area contributed by atoms with Crippen LogP contribution in [0.1, 0.15) is 356 Å². The summed E-state index contributed by atoms with van der Waals surface area (Å²) in [6, 6.07) is 0. The zero-order valence-electron chi connectivity index (χ0n) is 62.7. The fraction of sp³-hybridized carbons (Fsp3) is 0.810. The maximum Gasteiger partial charge on any atom is 0.168 e. The molecule has 0 aliphatic carbocycles. The van der Waals surface area contributed by atoms with E-state index in [0.717, 1.165) is 64.5 Å². The predicted molar refractivity (Wildman–Crippen MR) is 411 cm³/mol. The lowest BCUT2D eigenvalue weighted by Gasteiger charge is -2.29. The minimum atomic E-state index is -0.373. The molecule has 2 N–H and O–H groups in total. The van der Waals surface area contributed by atoms with E-state index in [2.05, 4.69) is 149 Å². The van der Waals surface area contributed by atoms with Gasteiger partial charge in [-0.1, -0.05) is 266 Å². The van der Waals surface area contributed by atoms with Gasteiger partial charge >= 0.3 is 0 Å². The number of alkyl halides is 1. The lowest BCUT2D eigenvalue weighted by Crippen LogP contribution is -2.33. The predicted octanol–water partition coefficient (Wildman–Crippen LogP) is 25.9. The zero-order valence-corrected chi connectivity index (χ0v) is 63.4. The van der Waals surface area contributed by atoms with Gasteiger partial charge in [-0.15, -0.1) is 11.6 Å². The third-order valence-electron chi connectivity index (χ3n) is 17.1. The van der Waals surface area contributed by atoms with Gasteiger partial charge in [-0.2, -0.15) is 0 Å². The fourth-order valence-corrected chi connectivity index (χ4v) is 11.9. The molecule has 0 spiro atoms. The zero-order chi connectivity index (χ0) is 67.5. The third kappa shape index (κ3) is 66.5. The van der Waals surface area contributed by atoms with Crippen LogP contribution in [-0.2, 0) is 18.9 Å². The second-order valence-electron chi connectivity index (χ2n) is 26.8. The summed E-state index contributed by atoms with van der Waals surface area (Å²) in [7, 11) is 8.01. The highest BCUT2D eigenvalue weighted by Gasteiger charge is 2.41. The van der Waals surface area contributed by atoms with Crippen molar-refractivity contribution in [3.05, 3.63) is 97.2 Å². The molecule has 7 nitrogen and oxygen atoms in total. The number of nitrogens with one attached hydrogen (secondary N) is 1. The average molecular weight is 1310 g/mol. The van der Waals surface area contributed by atoms with E-state index in [4.69, 9.17) is 35.7 Å². The maximum absolute atomic E-state index is 7.57. The maximum atomic E-state index is 7.57. The van der Waals surface area contributed by atoms with Crippen molar-refractivity contribution in [3.8, 4) is 0 Å². The molecule has 2 heterocycles. The topological polar surface area (TPSA) is 72.4 Å². The number of nitrogens with zero attached hydrogens (tertiary/aromatic N) is 1. The highest BCUT2D eigenvalue weighted by molar-refractivity contribution is 6.18. The molecular formula is C84H157ClN2O5. The first-order valence-corrected chi connectivity index (χ1v) is 40.0. The number of hydrogen-bond donors (Lipinski definition) is 2. The molecule has 540 valence electrons. The third-order valence-corrected chi connectivity index (χ3v) is 17.4. The standard InChI is InChI=1S/C41H75NO2.C39H69ClO2.C2H7N.C2H6O/c1-5-7-9-11-13-15-17-19-21-23-25-27-29-31-33-35-37-41(43-39-40(44-41)38-42(3)4)36-34-32-30-28-26-24-22-20-18-16-14-12-10-8-6-2;1-3-5-7-9-11-13-15-17-19-21-23-25-27-29-31-33-35-39(41-37-38(36-40)42-39)34-32-30-28-26-24-22-20-18-16-14-12-10-8-6-4-2;1-3-2;1-2-3/h13-16,19-22,40H,5-12,17-18,23-39H2,1-4H3;11-14,17-20,38H,3-10,15-16,21-37H2,1-2H3;3H,1-2H3;3H,2H2,1H3/b15-13-,16-14-,21-19-,22-20-;13-11-,14-12-,19-17-,20-18-;;. The van der Waals surface area contributed by atoms with Gasteiger partial charge in [-0.05, 0) is 189 Å². The molecule has 0 bridgehead atoms. The number of unbranched alkanes of at least 4 members (excludes halogenated alkanes) is 34. The van der Waals surface area contributed by atoms with E-state index >= 15 is 0 Å². The Balaban J connectivity index is 0. The van der Waals surface area contributed by atoms with Crippen LogP contribution in [0, 0.1) is 0 Å². The first-order valence-electron chi connectivity index (χ1n) is 39.4. The van der Waals surface area contributed by atoms with Crippen LogP contribution in [0.15, 0.2) is 97.2 Å². The molecule has 0 saturated carbocycles. The molecule has 2 saturated heterocycles. The number of allylic oxidation sites excluding steroid dienone is 16. The van der Waals surface area contributed by atoms with Crippen molar-refractivity contribution in [2.24, 2.45) is 0 Å². The van der Waals surface area contributed by atoms with Crippen LogP contribution in [0.4, 0.5) is 0 Å². The molecule has 2 aliphatic rings. The van der Waals surface area contributed by atoms with E-state index in [-0.39, 0.29) is 30.4 Å². The Kier molecular flexibility index (Phi) is 76.3. The number of aliphatic hydroxyl groups excluding tert-OH is 1. The van der Waals surface area contributed by atoms with Gasteiger partial charge in [0.1, 0.15) is 0 Å². The second-order valence-corrected chi connectivity index (χ2v) is 27.1. The van der Waals surface area contributed by atoms with Crippen molar-refractivity contribution >= 4 is 11.6 Å². The van der Waals surface area contributed by atoms with Gasteiger partial charge in [0.15, 0.2) is 11.6 Å². The number of rotatable bonds is 61. The number of likely N-dealkylation sites (N-methyl/N-ethyl adjacent to an activating group) is 1. The number of halogens is 1. The molecule has 0 aromatic heterocycles. The molecule has 2 fully saturated rings. The number of ether oxygens (including phenoxy) is 4. The lowest BCUT2D eigenvalue weighted by atomic mass is 9.98. The van der Waals surface area contributed by atoms with E-state index in [0.29, 0.717) is 12.5 Å². The van der Waals surface area contributed by atoms with E-state index < -0.39 is 0 Å². The molecule has 4 unspecified atom stereocenters. The van der Waals surface area contributed by atoms with Crippen LogP contribution in [-0.4, -0.2) is 94.2 Å². The minimum Gasteiger partial charge on any atom is -0.397 e. The van der Waals surface area contributed by atoms with E-state index in [9.17, 15) is 0 Å². The van der Waals surface area contributed by atoms with Crippen LogP contribution in [0.2, 0.25) is 0 Å². The van der Waals surface area contributed by atoms with Crippen molar-refractivity contribution in [2.45, 2.75) is 379 Å². The highest BCUT2D eigenvalue weighted by atomic mass is 35.5. The monoisotopic (exact) mass is 1310 g/mol. The van der Waals surface area contributed by atoms with Crippen molar-refractivity contribution in [3.63, 3.8) is 0 Å². The van der Waals surface area contributed by atoms with Gasteiger partial charge in [-0.25, -0.2) is 0 Å². The molecule has 2 rings (SSSR count). The summed E-state index contributed by atoms with van der Waals surface area (Å²) in [4.78, 5) is 2.23. The molecule has 0 aromatic carbocycles. The molecule has 8 heteroatoms. The molecule has 0 aromatic rings. The van der Waals surface area contributed by atoms with Crippen molar-refractivity contribution < 1.29 is 24.1 Å². The van der Waals surface area contributed by atoms with Gasteiger partial charge < -0.3 is 34.3 Å². The van der Waals surface area contributed by atoms with Crippen molar-refractivity contribution in [2.75, 3.05) is 60.4 Å².